The van der Waals surface area contributed by atoms with Crippen LogP contribution in [-0.2, 0) is 4.79 Å². The second-order valence-electron chi connectivity index (χ2n) is 5.46. The Labute approximate surface area is 137 Å². The maximum absolute atomic E-state index is 12.0. The molecule has 4 heteroatoms. The molecule has 0 aliphatic carbocycles. The zero-order chi connectivity index (χ0) is 15.9. The quantitative estimate of drug-likeness (QED) is 0.856. The Morgan fingerprint density at radius 1 is 1.00 bits per heavy atom. The molecule has 0 saturated carbocycles. The van der Waals surface area contributed by atoms with E-state index in [1.165, 1.54) is 0 Å². The number of carbonyl (C=O) groups excluding carboxylic acids is 1. The van der Waals surface area contributed by atoms with Crippen LogP contribution in [0.3, 0.4) is 0 Å². The topological polar surface area (TPSA) is 32.3 Å². The minimum atomic E-state index is -0.0585. The molecular formula is C18H20N2OS. The summed E-state index contributed by atoms with van der Waals surface area (Å²) >= 11 is 5.46. The van der Waals surface area contributed by atoms with E-state index in [0.717, 1.165) is 11.4 Å². The van der Waals surface area contributed by atoms with Gasteiger partial charge in [0.25, 0.3) is 0 Å². The summed E-state index contributed by atoms with van der Waals surface area (Å²) < 4.78 is 0. The van der Waals surface area contributed by atoms with E-state index in [-0.39, 0.29) is 5.91 Å². The standard InChI is InChI=1S/C18H20N2OS/c1-14(2)13-17(21)19-18(22)20(15-9-5-3-6-10-15)16-11-7-4-8-12-16/h3-12,14H,13H2,1-2H3,(H,19,21,22). The minimum Gasteiger partial charge on any atom is -0.302 e. The third kappa shape index (κ3) is 4.40. The van der Waals surface area contributed by atoms with E-state index < -0.39 is 0 Å². The first-order valence-electron chi connectivity index (χ1n) is 7.32. The van der Waals surface area contributed by atoms with E-state index >= 15 is 0 Å². The lowest BCUT2D eigenvalue weighted by Crippen LogP contribution is -2.40. The first-order valence-corrected chi connectivity index (χ1v) is 7.73. The fraction of sp³-hybridized carbons (Fsp3) is 0.222. The number of hydrogen-bond donors (Lipinski definition) is 1. The Bertz CT molecular complexity index is 587. The molecule has 0 atom stereocenters. The van der Waals surface area contributed by atoms with Crippen molar-refractivity contribution in [3.05, 3.63) is 60.7 Å². The molecule has 0 spiro atoms. The summed E-state index contributed by atoms with van der Waals surface area (Å²) in [5.74, 6) is 0.238. The molecule has 1 N–H and O–H groups in total. The van der Waals surface area contributed by atoms with Crippen LogP contribution in [0.4, 0.5) is 11.4 Å². The molecule has 0 bridgehead atoms. The van der Waals surface area contributed by atoms with Gasteiger partial charge in [-0.3, -0.25) is 9.69 Å². The molecule has 0 aromatic heterocycles. The van der Waals surface area contributed by atoms with E-state index in [1.54, 1.807) is 0 Å². The van der Waals surface area contributed by atoms with Crippen LogP contribution in [0.15, 0.2) is 60.7 Å². The molecule has 22 heavy (non-hydrogen) atoms. The van der Waals surface area contributed by atoms with Crippen molar-refractivity contribution in [2.45, 2.75) is 20.3 Å². The van der Waals surface area contributed by atoms with Gasteiger partial charge >= 0.3 is 0 Å². The summed E-state index contributed by atoms with van der Waals surface area (Å²) in [4.78, 5) is 13.9. The van der Waals surface area contributed by atoms with Crippen molar-refractivity contribution in [3.8, 4) is 0 Å². The minimum absolute atomic E-state index is 0.0585. The van der Waals surface area contributed by atoms with E-state index in [2.05, 4.69) is 5.32 Å². The van der Waals surface area contributed by atoms with E-state index in [9.17, 15) is 4.79 Å². The first kappa shape index (κ1) is 16.2. The highest BCUT2D eigenvalue weighted by atomic mass is 32.1. The van der Waals surface area contributed by atoms with Crippen LogP contribution in [0.25, 0.3) is 0 Å². The average Bonchev–Trinajstić information content (AvgIpc) is 2.48. The number of amides is 1. The molecule has 0 fully saturated rings. The van der Waals surface area contributed by atoms with Crippen molar-refractivity contribution in [1.29, 1.82) is 0 Å². The highest BCUT2D eigenvalue weighted by molar-refractivity contribution is 7.80. The number of nitrogens with zero attached hydrogens (tertiary/aromatic N) is 1. The summed E-state index contributed by atoms with van der Waals surface area (Å²) in [7, 11) is 0. The highest BCUT2D eigenvalue weighted by Gasteiger charge is 2.16. The van der Waals surface area contributed by atoms with Crippen molar-refractivity contribution < 1.29 is 4.79 Å². The Morgan fingerprint density at radius 3 is 1.86 bits per heavy atom. The number of rotatable bonds is 4. The van der Waals surface area contributed by atoms with E-state index in [4.69, 9.17) is 12.2 Å². The van der Waals surface area contributed by atoms with Crippen molar-refractivity contribution in [1.82, 2.24) is 5.32 Å². The fourth-order valence-corrected chi connectivity index (χ4v) is 2.46. The Hall–Kier alpha value is -2.20. The molecule has 114 valence electrons. The maximum atomic E-state index is 12.0. The smallest absolute Gasteiger partial charge is 0.226 e. The molecule has 2 aromatic rings. The van der Waals surface area contributed by atoms with Gasteiger partial charge in [-0.15, -0.1) is 0 Å². The zero-order valence-corrected chi connectivity index (χ0v) is 13.6. The Morgan fingerprint density at radius 2 is 1.45 bits per heavy atom. The maximum Gasteiger partial charge on any atom is 0.226 e. The molecule has 0 radical (unpaired) electrons. The molecule has 2 aromatic carbocycles. The predicted octanol–water partition coefficient (Wildman–Crippen LogP) is 4.27. The number of anilines is 2. The lowest BCUT2D eigenvalue weighted by Gasteiger charge is -2.25. The van der Waals surface area contributed by atoms with Crippen LogP contribution >= 0.6 is 12.2 Å². The molecule has 0 aliphatic heterocycles. The molecule has 0 heterocycles. The summed E-state index contributed by atoms with van der Waals surface area (Å²) in [5, 5.41) is 3.22. The molecule has 3 nitrogen and oxygen atoms in total. The van der Waals surface area contributed by atoms with E-state index in [0.29, 0.717) is 17.5 Å². The predicted molar refractivity (Wildman–Crippen MR) is 95.2 cm³/mol. The second-order valence-corrected chi connectivity index (χ2v) is 5.84. The van der Waals surface area contributed by atoms with Crippen molar-refractivity contribution >= 4 is 34.6 Å². The molecule has 0 unspecified atom stereocenters. The van der Waals surface area contributed by atoms with Crippen LogP contribution in [-0.4, -0.2) is 11.0 Å². The molecule has 2 rings (SSSR count). The van der Waals surface area contributed by atoms with Gasteiger partial charge in [0.2, 0.25) is 5.91 Å². The van der Waals surface area contributed by atoms with Crippen molar-refractivity contribution in [2.75, 3.05) is 4.90 Å². The van der Waals surface area contributed by atoms with Crippen molar-refractivity contribution in [2.24, 2.45) is 5.92 Å². The monoisotopic (exact) mass is 312 g/mol. The lowest BCUT2D eigenvalue weighted by molar-refractivity contribution is -0.120. The molecule has 1 amide bonds. The normalized spacial score (nSPS) is 10.3. The summed E-state index contributed by atoms with van der Waals surface area (Å²) in [6.07, 6.45) is 0.456. The van der Waals surface area contributed by atoms with Gasteiger partial charge in [-0.05, 0) is 42.4 Å². The van der Waals surface area contributed by atoms with E-state index in [1.807, 2.05) is 79.4 Å². The van der Waals surface area contributed by atoms with Gasteiger partial charge in [0.15, 0.2) is 5.11 Å². The summed E-state index contributed by atoms with van der Waals surface area (Å²) in [6.45, 7) is 4.02. The fourth-order valence-electron chi connectivity index (χ4n) is 2.13. The summed E-state index contributed by atoms with van der Waals surface area (Å²) in [6, 6.07) is 19.6. The molecular weight excluding hydrogens is 292 g/mol. The average molecular weight is 312 g/mol. The largest absolute Gasteiger partial charge is 0.302 e. The van der Waals surface area contributed by atoms with Gasteiger partial charge in [0, 0.05) is 17.8 Å². The third-order valence-electron chi connectivity index (χ3n) is 3.07. The summed E-state index contributed by atoms with van der Waals surface area (Å²) in [5.41, 5.74) is 1.84. The SMILES string of the molecule is CC(C)CC(=O)NC(=S)N(c1ccccc1)c1ccccc1. The van der Waals surface area contributed by atoms with Gasteiger partial charge in [0.1, 0.15) is 0 Å². The number of nitrogens with one attached hydrogen (secondary N) is 1. The number of para-hydroxylation sites is 2. The van der Waals surface area contributed by atoms with Crippen molar-refractivity contribution in [3.63, 3.8) is 0 Å². The van der Waals surface area contributed by atoms with Gasteiger partial charge in [-0.25, -0.2) is 0 Å². The van der Waals surface area contributed by atoms with Gasteiger partial charge in [-0.1, -0.05) is 50.2 Å². The Kier molecular flexibility index (Phi) is 5.67. The Balaban J connectivity index is 2.26. The molecule has 0 saturated heterocycles. The number of benzene rings is 2. The number of hydrogen-bond acceptors (Lipinski definition) is 2. The first-order chi connectivity index (χ1) is 10.6. The van der Waals surface area contributed by atoms with Gasteiger partial charge in [-0.2, -0.15) is 0 Å². The third-order valence-corrected chi connectivity index (χ3v) is 3.36. The van der Waals surface area contributed by atoms with Crippen LogP contribution in [0.5, 0.6) is 0 Å². The zero-order valence-electron chi connectivity index (χ0n) is 12.8. The number of thiocarbonyl (C=S) groups is 1. The molecule has 0 aliphatic rings. The highest BCUT2D eigenvalue weighted by Crippen LogP contribution is 2.25. The van der Waals surface area contributed by atoms with Gasteiger partial charge < -0.3 is 5.32 Å². The van der Waals surface area contributed by atoms with Crippen LogP contribution < -0.4 is 10.2 Å². The van der Waals surface area contributed by atoms with Gasteiger partial charge in [0.05, 0.1) is 0 Å². The van der Waals surface area contributed by atoms with Crippen LogP contribution in [0.1, 0.15) is 20.3 Å². The number of carbonyl (C=O) groups is 1. The van der Waals surface area contributed by atoms with Crippen LogP contribution in [0.2, 0.25) is 0 Å². The second kappa shape index (κ2) is 7.71. The van der Waals surface area contributed by atoms with Crippen LogP contribution in [0, 0.1) is 5.92 Å². The lowest BCUT2D eigenvalue weighted by atomic mass is 10.1.